The molecular weight excluding hydrogens is 336 g/mol. The molecule has 0 spiro atoms. The van der Waals surface area contributed by atoms with E-state index >= 15 is 0 Å². The lowest BCUT2D eigenvalue weighted by Crippen LogP contribution is -2.11. The highest BCUT2D eigenvalue weighted by atomic mass is 79.9. The van der Waals surface area contributed by atoms with Gasteiger partial charge in [0.1, 0.15) is 5.82 Å². The third kappa shape index (κ3) is 3.20. The Morgan fingerprint density at radius 3 is 2.36 bits per heavy atom. The summed E-state index contributed by atoms with van der Waals surface area (Å²) in [6, 6.07) is 22.8. The Labute approximate surface area is 139 Å². The first-order chi connectivity index (χ1) is 10.8. The fraction of sp³-hybridized carbons (Fsp3) is 0.105. The van der Waals surface area contributed by atoms with Crippen LogP contribution in [0.1, 0.15) is 12.5 Å². The lowest BCUT2D eigenvalue weighted by molar-refractivity contribution is 1.12. The number of aromatic nitrogens is 1. The molecule has 3 rings (SSSR count). The predicted molar refractivity (Wildman–Crippen MR) is 96.0 cm³/mol. The minimum absolute atomic E-state index is 0.911. The standard InChI is InChI=1S/C19H17BrN2/c1-2-15-12-16(20)14-18(13-15)22(17-8-4-3-5-9-17)19-10-6-7-11-21-19/h3-14H,2H2,1H3. The van der Waals surface area contributed by atoms with Crippen molar-refractivity contribution >= 4 is 33.1 Å². The van der Waals surface area contributed by atoms with Gasteiger partial charge in [0.25, 0.3) is 0 Å². The molecule has 0 saturated carbocycles. The van der Waals surface area contributed by atoms with Crippen molar-refractivity contribution in [2.24, 2.45) is 0 Å². The molecule has 1 heterocycles. The van der Waals surface area contributed by atoms with Gasteiger partial charge in [-0.1, -0.05) is 47.1 Å². The summed E-state index contributed by atoms with van der Waals surface area (Å²) in [6.07, 6.45) is 2.82. The summed E-state index contributed by atoms with van der Waals surface area (Å²) in [5, 5.41) is 0. The second-order valence-electron chi connectivity index (χ2n) is 5.03. The highest BCUT2D eigenvalue weighted by Crippen LogP contribution is 2.35. The number of halogens is 1. The van der Waals surface area contributed by atoms with Crippen molar-refractivity contribution in [1.82, 2.24) is 4.98 Å². The summed E-state index contributed by atoms with van der Waals surface area (Å²) in [6.45, 7) is 2.17. The number of benzene rings is 2. The van der Waals surface area contributed by atoms with Crippen LogP contribution >= 0.6 is 15.9 Å². The fourth-order valence-corrected chi connectivity index (χ4v) is 2.97. The van der Waals surface area contributed by atoms with Crippen molar-refractivity contribution in [3.8, 4) is 0 Å². The molecule has 0 N–H and O–H groups in total. The Hall–Kier alpha value is -2.13. The molecule has 2 nitrogen and oxygen atoms in total. The van der Waals surface area contributed by atoms with Gasteiger partial charge in [0.2, 0.25) is 0 Å². The molecular formula is C19H17BrN2. The van der Waals surface area contributed by atoms with E-state index in [2.05, 4.69) is 63.1 Å². The van der Waals surface area contributed by atoms with Crippen molar-refractivity contribution < 1.29 is 0 Å². The average Bonchev–Trinajstić information content (AvgIpc) is 2.56. The smallest absolute Gasteiger partial charge is 0.137 e. The Morgan fingerprint density at radius 1 is 0.909 bits per heavy atom. The van der Waals surface area contributed by atoms with Crippen molar-refractivity contribution in [1.29, 1.82) is 0 Å². The fourth-order valence-electron chi connectivity index (χ4n) is 2.44. The molecule has 0 radical (unpaired) electrons. The molecule has 22 heavy (non-hydrogen) atoms. The lowest BCUT2D eigenvalue weighted by Gasteiger charge is -2.24. The van der Waals surface area contributed by atoms with Crippen molar-refractivity contribution in [3.05, 3.63) is 83.0 Å². The van der Waals surface area contributed by atoms with Crippen molar-refractivity contribution in [3.63, 3.8) is 0 Å². The average molecular weight is 353 g/mol. The minimum Gasteiger partial charge on any atom is -0.295 e. The number of aryl methyl sites for hydroxylation is 1. The molecule has 0 aliphatic rings. The molecule has 3 aromatic rings. The maximum atomic E-state index is 4.53. The zero-order valence-electron chi connectivity index (χ0n) is 12.4. The number of anilines is 3. The quantitative estimate of drug-likeness (QED) is 0.583. The number of para-hydroxylation sites is 1. The number of nitrogens with zero attached hydrogens (tertiary/aromatic N) is 2. The number of hydrogen-bond donors (Lipinski definition) is 0. The summed E-state index contributed by atoms with van der Waals surface area (Å²) < 4.78 is 1.08. The Bertz CT molecular complexity index is 702. The van der Waals surface area contributed by atoms with E-state index in [-0.39, 0.29) is 0 Å². The summed E-state index contributed by atoms with van der Waals surface area (Å²) >= 11 is 3.62. The molecule has 3 heteroatoms. The maximum Gasteiger partial charge on any atom is 0.137 e. The van der Waals surface area contributed by atoms with Crippen LogP contribution in [0.3, 0.4) is 0 Å². The number of hydrogen-bond acceptors (Lipinski definition) is 2. The van der Waals surface area contributed by atoms with Gasteiger partial charge >= 0.3 is 0 Å². The molecule has 0 unspecified atom stereocenters. The molecule has 2 aromatic carbocycles. The van der Waals surface area contributed by atoms with Gasteiger partial charge < -0.3 is 0 Å². The molecule has 0 atom stereocenters. The van der Waals surface area contributed by atoms with Crippen LogP contribution in [0.15, 0.2) is 77.4 Å². The van der Waals surface area contributed by atoms with Crippen LogP contribution in [0, 0.1) is 0 Å². The second kappa shape index (κ2) is 6.75. The van der Waals surface area contributed by atoms with Gasteiger partial charge in [0.15, 0.2) is 0 Å². The van der Waals surface area contributed by atoms with Crippen LogP contribution in [0.2, 0.25) is 0 Å². The zero-order chi connectivity index (χ0) is 15.4. The van der Waals surface area contributed by atoms with Gasteiger partial charge in [-0.3, -0.25) is 4.90 Å². The van der Waals surface area contributed by atoms with Crippen LogP contribution in [0.5, 0.6) is 0 Å². The SMILES string of the molecule is CCc1cc(Br)cc(N(c2ccccc2)c2ccccn2)c1. The van der Waals surface area contributed by atoms with Crippen LogP contribution in [0.25, 0.3) is 0 Å². The minimum atomic E-state index is 0.911. The van der Waals surface area contributed by atoms with Gasteiger partial charge in [-0.25, -0.2) is 4.98 Å². The zero-order valence-corrected chi connectivity index (χ0v) is 14.0. The van der Waals surface area contributed by atoms with Crippen LogP contribution in [-0.4, -0.2) is 4.98 Å². The van der Waals surface area contributed by atoms with Crippen molar-refractivity contribution in [2.45, 2.75) is 13.3 Å². The molecule has 110 valence electrons. The number of pyridine rings is 1. The van der Waals surface area contributed by atoms with E-state index in [0.29, 0.717) is 0 Å². The first-order valence-electron chi connectivity index (χ1n) is 7.33. The highest BCUT2D eigenvalue weighted by molar-refractivity contribution is 9.10. The van der Waals surface area contributed by atoms with E-state index in [9.17, 15) is 0 Å². The third-order valence-corrected chi connectivity index (χ3v) is 3.96. The Balaban J connectivity index is 2.16. The Kier molecular flexibility index (Phi) is 4.54. The van der Waals surface area contributed by atoms with Crippen LogP contribution < -0.4 is 4.90 Å². The molecule has 0 saturated heterocycles. The van der Waals surface area contributed by atoms with Crippen LogP contribution in [0.4, 0.5) is 17.2 Å². The summed E-state index contributed by atoms with van der Waals surface area (Å²) in [5.41, 5.74) is 3.50. The van der Waals surface area contributed by atoms with E-state index in [1.54, 1.807) is 0 Å². The topological polar surface area (TPSA) is 16.1 Å². The highest BCUT2D eigenvalue weighted by Gasteiger charge is 2.13. The molecule has 0 amide bonds. The van der Waals surface area contributed by atoms with Gasteiger partial charge in [-0.15, -0.1) is 0 Å². The van der Waals surface area contributed by atoms with Gasteiger partial charge in [0.05, 0.1) is 0 Å². The largest absolute Gasteiger partial charge is 0.295 e. The van der Waals surface area contributed by atoms with Crippen molar-refractivity contribution in [2.75, 3.05) is 4.90 Å². The van der Waals surface area contributed by atoms with E-state index in [1.165, 1.54) is 5.56 Å². The second-order valence-corrected chi connectivity index (χ2v) is 5.95. The van der Waals surface area contributed by atoms with E-state index in [0.717, 1.165) is 28.1 Å². The summed E-state index contributed by atoms with van der Waals surface area (Å²) in [4.78, 5) is 6.70. The lowest BCUT2D eigenvalue weighted by atomic mass is 10.1. The van der Waals surface area contributed by atoms with Gasteiger partial charge in [0, 0.05) is 22.0 Å². The molecule has 0 aliphatic carbocycles. The van der Waals surface area contributed by atoms with E-state index in [1.807, 2.05) is 42.6 Å². The molecule has 0 fully saturated rings. The summed E-state index contributed by atoms with van der Waals surface area (Å²) in [7, 11) is 0. The van der Waals surface area contributed by atoms with E-state index in [4.69, 9.17) is 0 Å². The first-order valence-corrected chi connectivity index (χ1v) is 8.13. The van der Waals surface area contributed by atoms with Gasteiger partial charge in [-0.05, 0) is 54.4 Å². The monoisotopic (exact) mass is 352 g/mol. The van der Waals surface area contributed by atoms with Gasteiger partial charge in [-0.2, -0.15) is 0 Å². The number of rotatable bonds is 4. The summed E-state index contributed by atoms with van der Waals surface area (Å²) in [5.74, 6) is 0.911. The van der Waals surface area contributed by atoms with Crippen LogP contribution in [-0.2, 0) is 6.42 Å². The third-order valence-electron chi connectivity index (χ3n) is 3.50. The normalized spacial score (nSPS) is 10.5. The molecule has 0 aliphatic heterocycles. The first kappa shape index (κ1) is 14.8. The Morgan fingerprint density at radius 2 is 1.68 bits per heavy atom. The van der Waals surface area contributed by atoms with E-state index < -0.39 is 0 Å². The molecule has 0 bridgehead atoms. The maximum absolute atomic E-state index is 4.53. The predicted octanol–water partition coefficient (Wildman–Crippen LogP) is 5.88. The molecule has 1 aromatic heterocycles.